The monoisotopic (exact) mass is 487 g/mol. The van der Waals surface area contributed by atoms with Gasteiger partial charge in [0, 0.05) is 29.1 Å². The number of hydrogen-bond acceptors (Lipinski definition) is 6. The van der Waals surface area contributed by atoms with E-state index >= 15 is 0 Å². The topological polar surface area (TPSA) is 79.8 Å². The van der Waals surface area contributed by atoms with Gasteiger partial charge in [-0.2, -0.15) is 4.31 Å². The van der Waals surface area contributed by atoms with Crippen molar-refractivity contribution in [2.75, 3.05) is 37.9 Å². The second kappa shape index (κ2) is 9.00. The Morgan fingerprint density at radius 1 is 1.36 bits per heavy atom. The van der Waals surface area contributed by atoms with E-state index in [-0.39, 0.29) is 18.6 Å². The Labute approximate surface area is 177 Å². The summed E-state index contributed by atoms with van der Waals surface area (Å²) in [7, 11) is -2.05. The highest BCUT2D eigenvalue weighted by atomic mass is 79.9. The molecule has 0 saturated carbocycles. The van der Waals surface area contributed by atoms with Crippen LogP contribution >= 0.6 is 27.3 Å². The standard InChI is InChI=1S/C18H22BrN3O4S2/c1-21(28(2,24)25)11-17(23)22(10-15-4-3-9-26-15)18-20-16(12-27-18)13-5-7-14(19)8-6-13/h5-8,12,15H,3-4,9-11H2,1-2H3. The van der Waals surface area contributed by atoms with E-state index in [0.29, 0.717) is 18.3 Å². The molecule has 0 radical (unpaired) electrons. The van der Waals surface area contributed by atoms with Gasteiger partial charge in [-0.05, 0) is 25.0 Å². The highest BCUT2D eigenvalue weighted by Crippen LogP contribution is 2.29. The molecule has 1 aromatic carbocycles. The quantitative estimate of drug-likeness (QED) is 0.599. The van der Waals surface area contributed by atoms with Crippen LogP contribution in [0.5, 0.6) is 0 Å². The average Bonchev–Trinajstić information content (AvgIpc) is 3.31. The van der Waals surface area contributed by atoms with E-state index in [0.717, 1.165) is 39.1 Å². The van der Waals surface area contributed by atoms with Gasteiger partial charge in [0.1, 0.15) is 0 Å². The number of sulfonamides is 1. The third kappa shape index (κ3) is 5.38. The van der Waals surface area contributed by atoms with Crippen molar-refractivity contribution >= 4 is 48.3 Å². The molecule has 0 spiro atoms. The van der Waals surface area contributed by atoms with Gasteiger partial charge in [-0.25, -0.2) is 13.4 Å². The molecule has 1 atom stereocenters. The van der Waals surface area contributed by atoms with Crippen LogP contribution in [0.25, 0.3) is 11.3 Å². The van der Waals surface area contributed by atoms with Crippen molar-refractivity contribution in [1.29, 1.82) is 0 Å². The minimum atomic E-state index is -3.45. The number of anilines is 1. The summed E-state index contributed by atoms with van der Waals surface area (Å²) in [6, 6.07) is 7.77. The number of nitrogens with zero attached hydrogens (tertiary/aromatic N) is 3. The zero-order valence-electron chi connectivity index (χ0n) is 15.7. The van der Waals surface area contributed by atoms with Gasteiger partial charge in [0.25, 0.3) is 0 Å². The van der Waals surface area contributed by atoms with E-state index in [1.165, 1.54) is 18.4 Å². The van der Waals surface area contributed by atoms with Crippen molar-refractivity contribution in [2.24, 2.45) is 0 Å². The molecule has 0 N–H and O–H groups in total. The summed E-state index contributed by atoms with van der Waals surface area (Å²) in [6.07, 6.45) is 2.85. The smallest absolute Gasteiger partial charge is 0.244 e. The van der Waals surface area contributed by atoms with Gasteiger partial charge < -0.3 is 4.74 Å². The third-order valence-corrected chi connectivity index (χ3v) is 7.15. The van der Waals surface area contributed by atoms with E-state index in [1.54, 1.807) is 4.90 Å². The summed E-state index contributed by atoms with van der Waals surface area (Å²) in [5.74, 6) is -0.319. The second-order valence-electron chi connectivity index (χ2n) is 6.68. The molecular weight excluding hydrogens is 466 g/mol. The van der Waals surface area contributed by atoms with Crippen molar-refractivity contribution in [3.8, 4) is 11.3 Å². The molecule has 1 fully saturated rings. The molecule has 1 saturated heterocycles. The molecule has 1 aliphatic rings. The van der Waals surface area contributed by atoms with Gasteiger partial charge in [-0.1, -0.05) is 28.1 Å². The first-order valence-corrected chi connectivity index (χ1v) is 12.3. The van der Waals surface area contributed by atoms with E-state index in [9.17, 15) is 13.2 Å². The lowest BCUT2D eigenvalue weighted by Gasteiger charge is -2.25. The zero-order valence-corrected chi connectivity index (χ0v) is 18.9. The number of ether oxygens (including phenoxy) is 1. The van der Waals surface area contributed by atoms with Crippen molar-refractivity contribution < 1.29 is 17.9 Å². The Balaban J connectivity index is 1.84. The normalized spacial score (nSPS) is 17.2. The van der Waals surface area contributed by atoms with Gasteiger partial charge in [0.15, 0.2) is 5.13 Å². The van der Waals surface area contributed by atoms with Gasteiger partial charge in [-0.3, -0.25) is 9.69 Å². The first-order valence-electron chi connectivity index (χ1n) is 8.79. The van der Waals surface area contributed by atoms with Crippen molar-refractivity contribution in [3.05, 3.63) is 34.1 Å². The molecule has 10 heteroatoms. The summed E-state index contributed by atoms with van der Waals surface area (Å²) in [4.78, 5) is 19.1. The summed E-state index contributed by atoms with van der Waals surface area (Å²) in [5, 5.41) is 2.44. The van der Waals surface area contributed by atoms with E-state index in [4.69, 9.17) is 4.74 Å². The lowest BCUT2D eigenvalue weighted by molar-refractivity contribution is -0.119. The third-order valence-electron chi connectivity index (χ3n) is 4.50. The predicted molar refractivity (Wildman–Crippen MR) is 114 cm³/mol. The average molecular weight is 488 g/mol. The number of hydrogen-bond donors (Lipinski definition) is 0. The Morgan fingerprint density at radius 2 is 2.07 bits per heavy atom. The highest BCUT2D eigenvalue weighted by Gasteiger charge is 2.28. The van der Waals surface area contributed by atoms with Crippen LogP contribution in [0.15, 0.2) is 34.1 Å². The van der Waals surface area contributed by atoms with E-state index in [1.807, 2.05) is 29.6 Å². The molecule has 0 bridgehead atoms. The maximum absolute atomic E-state index is 12.9. The van der Waals surface area contributed by atoms with Gasteiger partial charge in [0.2, 0.25) is 15.9 Å². The summed E-state index contributed by atoms with van der Waals surface area (Å²) < 4.78 is 31.1. The van der Waals surface area contributed by atoms with E-state index < -0.39 is 10.0 Å². The number of rotatable bonds is 7. The Morgan fingerprint density at radius 3 is 2.68 bits per heavy atom. The van der Waals surface area contributed by atoms with Crippen LogP contribution < -0.4 is 4.90 Å². The van der Waals surface area contributed by atoms with Crippen molar-refractivity contribution in [2.45, 2.75) is 18.9 Å². The van der Waals surface area contributed by atoms with Crippen LogP contribution in [-0.4, -0.2) is 62.7 Å². The predicted octanol–water partition coefficient (Wildman–Crippen LogP) is 2.98. The maximum Gasteiger partial charge on any atom is 0.244 e. The first-order chi connectivity index (χ1) is 13.2. The van der Waals surface area contributed by atoms with Gasteiger partial charge >= 0.3 is 0 Å². The molecule has 152 valence electrons. The summed E-state index contributed by atoms with van der Waals surface area (Å²) in [6.45, 7) is 0.806. The SMILES string of the molecule is CN(CC(=O)N(CC1CCCO1)c1nc(-c2ccc(Br)cc2)cs1)S(C)(=O)=O. The second-order valence-corrected chi connectivity index (χ2v) is 10.5. The van der Waals surface area contributed by atoms with Crippen LogP contribution in [0.4, 0.5) is 5.13 Å². The molecular formula is C18H22BrN3O4S2. The number of carbonyl (C=O) groups is 1. The lowest BCUT2D eigenvalue weighted by Crippen LogP contribution is -2.44. The summed E-state index contributed by atoms with van der Waals surface area (Å²) in [5.41, 5.74) is 1.72. The lowest BCUT2D eigenvalue weighted by atomic mass is 10.2. The molecule has 1 aliphatic heterocycles. The Kier molecular flexibility index (Phi) is 6.87. The first kappa shape index (κ1) is 21.4. The number of benzene rings is 1. The fraction of sp³-hybridized carbons (Fsp3) is 0.444. The largest absolute Gasteiger partial charge is 0.376 e. The number of halogens is 1. The number of aromatic nitrogens is 1. The number of likely N-dealkylation sites (N-methyl/N-ethyl adjacent to an activating group) is 1. The maximum atomic E-state index is 12.9. The molecule has 2 heterocycles. The van der Waals surface area contributed by atoms with Crippen LogP contribution in [-0.2, 0) is 19.6 Å². The minimum Gasteiger partial charge on any atom is -0.376 e. The van der Waals surface area contributed by atoms with Gasteiger partial charge in [0.05, 0.1) is 31.1 Å². The number of carbonyl (C=O) groups excluding carboxylic acids is 1. The molecule has 0 aliphatic carbocycles. The Hall–Kier alpha value is -1.33. The van der Waals surface area contributed by atoms with Crippen LogP contribution in [0.2, 0.25) is 0 Å². The highest BCUT2D eigenvalue weighted by molar-refractivity contribution is 9.10. The molecule has 28 heavy (non-hydrogen) atoms. The van der Waals surface area contributed by atoms with E-state index in [2.05, 4.69) is 20.9 Å². The van der Waals surface area contributed by atoms with Crippen LogP contribution in [0.3, 0.4) is 0 Å². The number of thiazole rings is 1. The Bertz CT molecular complexity index is 925. The fourth-order valence-electron chi connectivity index (χ4n) is 2.81. The molecule has 1 aromatic heterocycles. The van der Waals surface area contributed by atoms with Crippen molar-refractivity contribution in [3.63, 3.8) is 0 Å². The minimum absolute atomic E-state index is 0.0625. The molecule has 2 aromatic rings. The molecule has 7 nitrogen and oxygen atoms in total. The van der Waals surface area contributed by atoms with Crippen LogP contribution in [0, 0.1) is 0 Å². The fourth-order valence-corrected chi connectivity index (χ4v) is 4.28. The van der Waals surface area contributed by atoms with Crippen molar-refractivity contribution in [1.82, 2.24) is 9.29 Å². The summed E-state index contributed by atoms with van der Waals surface area (Å²) >= 11 is 4.78. The number of amides is 1. The molecule has 1 amide bonds. The van der Waals surface area contributed by atoms with Crippen LogP contribution in [0.1, 0.15) is 12.8 Å². The van der Waals surface area contributed by atoms with Gasteiger partial charge in [-0.15, -0.1) is 11.3 Å². The zero-order chi connectivity index (χ0) is 20.3. The molecule has 1 unspecified atom stereocenters. The molecule has 3 rings (SSSR count).